The molecule has 1 saturated carbocycles. The number of rotatable bonds is 7. The Labute approximate surface area is 124 Å². The molecule has 5 nitrogen and oxygen atoms in total. The number of ether oxygens (including phenoxy) is 1. The Kier molecular flexibility index (Phi) is 4.19. The summed E-state index contributed by atoms with van der Waals surface area (Å²) in [6, 6.07) is 10.6. The van der Waals surface area contributed by atoms with Crippen molar-refractivity contribution in [1.82, 2.24) is 9.97 Å². The molecule has 1 aromatic heterocycles. The zero-order valence-corrected chi connectivity index (χ0v) is 12.2. The Bertz CT molecular complexity index is 598. The summed E-state index contributed by atoms with van der Waals surface area (Å²) in [5.41, 5.74) is 1.24. The Morgan fingerprint density at radius 3 is 3.00 bits per heavy atom. The Hall–Kier alpha value is -2.30. The minimum absolute atomic E-state index is 0.567. The van der Waals surface area contributed by atoms with Gasteiger partial charge in [0.15, 0.2) is 0 Å². The minimum atomic E-state index is 0.567. The lowest BCUT2D eigenvalue weighted by Gasteiger charge is -2.08. The molecule has 5 heteroatoms. The van der Waals surface area contributed by atoms with Gasteiger partial charge in [0.1, 0.15) is 11.6 Å². The van der Waals surface area contributed by atoms with Gasteiger partial charge in [-0.25, -0.2) is 4.98 Å². The number of aromatic nitrogens is 2. The molecule has 0 unspecified atom stereocenters. The second-order valence-corrected chi connectivity index (χ2v) is 5.21. The molecule has 0 spiro atoms. The van der Waals surface area contributed by atoms with Gasteiger partial charge in [0.25, 0.3) is 0 Å². The highest BCUT2D eigenvalue weighted by atomic mass is 16.5. The summed E-state index contributed by atoms with van der Waals surface area (Å²) < 4.78 is 5.23. The van der Waals surface area contributed by atoms with Crippen LogP contribution in [-0.2, 0) is 6.42 Å². The maximum Gasteiger partial charge on any atom is 0.224 e. The standard InChI is InChI=1S/C16H20N4O/c1-21-14-4-2-3-12(11-14)7-9-17-15-8-10-18-16(20-15)19-13-5-6-13/h2-4,8,10-11,13H,5-7,9H2,1H3,(H2,17,18,19,20). The van der Waals surface area contributed by atoms with Crippen LogP contribution < -0.4 is 15.4 Å². The fourth-order valence-electron chi connectivity index (χ4n) is 2.10. The van der Waals surface area contributed by atoms with E-state index in [9.17, 15) is 0 Å². The van der Waals surface area contributed by atoms with Crippen LogP contribution in [0.15, 0.2) is 36.5 Å². The number of nitrogens with one attached hydrogen (secondary N) is 2. The van der Waals surface area contributed by atoms with Crippen LogP contribution in [-0.4, -0.2) is 29.7 Å². The first-order chi connectivity index (χ1) is 10.3. The molecule has 1 aliphatic rings. The number of nitrogens with zero attached hydrogens (tertiary/aromatic N) is 2. The Balaban J connectivity index is 1.52. The normalized spacial score (nSPS) is 13.8. The fraction of sp³-hybridized carbons (Fsp3) is 0.375. The van der Waals surface area contributed by atoms with Crippen molar-refractivity contribution in [3.05, 3.63) is 42.1 Å². The first-order valence-corrected chi connectivity index (χ1v) is 7.30. The van der Waals surface area contributed by atoms with Gasteiger partial charge in [-0.2, -0.15) is 4.98 Å². The summed E-state index contributed by atoms with van der Waals surface area (Å²) in [6.07, 6.45) is 5.14. The van der Waals surface area contributed by atoms with E-state index < -0.39 is 0 Å². The van der Waals surface area contributed by atoms with Crippen molar-refractivity contribution in [2.75, 3.05) is 24.3 Å². The molecule has 1 aromatic carbocycles. The zero-order valence-electron chi connectivity index (χ0n) is 12.2. The highest BCUT2D eigenvalue weighted by molar-refractivity contribution is 5.41. The van der Waals surface area contributed by atoms with Crippen LogP contribution in [0.5, 0.6) is 5.75 Å². The van der Waals surface area contributed by atoms with Crippen molar-refractivity contribution >= 4 is 11.8 Å². The lowest BCUT2D eigenvalue weighted by atomic mass is 10.1. The monoisotopic (exact) mass is 284 g/mol. The molecule has 1 aliphatic carbocycles. The highest BCUT2D eigenvalue weighted by Crippen LogP contribution is 2.23. The molecule has 1 fully saturated rings. The first kappa shape index (κ1) is 13.7. The van der Waals surface area contributed by atoms with Crippen molar-refractivity contribution in [1.29, 1.82) is 0 Å². The molecule has 0 aliphatic heterocycles. The second kappa shape index (κ2) is 6.43. The molecule has 1 heterocycles. The highest BCUT2D eigenvalue weighted by Gasteiger charge is 2.21. The van der Waals surface area contributed by atoms with Gasteiger partial charge in [-0.15, -0.1) is 0 Å². The SMILES string of the molecule is COc1cccc(CCNc2ccnc(NC3CC3)n2)c1. The van der Waals surface area contributed by atoms with E-state index in [0.29, 0.717) is 12.0 Å². The number of anilines is 2. The molecule has 0 bridgehead atoms. The lowest BCUT2D eigenvalue weighted by molar-refractivity contribution is 0.414. The summed E-state index contributed by atoms with van der Waals surface area (Å²) in [5, 5.41) is 6.63. The van der Waals surface area contributed by atoms with Crippen LogP contribution >= 0.6 is 0 Å². The second-order valence-electron chi connectivity index (χ2n) is 5.21. The number of hydrogen-bond acceptors (Lipinski definition) is 5. The van der Waals surface area contributed by atoms with Gasteiger partial charge < -0.3 is 15.4 Å². The largest absolute Gasteiger partial charge is 0.497 e. The average molecular weight is 284 g/mol. The van der Waals surface area contributed by atoms with Crippen molar-refractivity contribution in [3.63, 3.8) is 0 Å². The third-order valence-corrected chi connectivity index (χ3v) is 3.42. The minimum Gasteiger partial charge on any atom is -0.497 e. The quantitative estimate of drug-likeness (QED) is 0.818. The predicted molar refractivity (Wildman–Crippen MR) is 83.9 cm³/mol. The molecule has 0 radical (unpaired) electrons. The molecule has 3 rings (SSSR count). The summed E-state index contributed by atoms with van der Waals surface area (Å²) in [6.45, 7) is 0.826. The molecule has 2 N–H and O–H groups in total. The van der Waals surface area contributed by atoms with Crippen LogP contribution in [0.25, 0.3) is 0 Å². The molecular formula is C16H20N4O. The zero-order chi connectivity index (χ0) is 14.5. The summed E-state index contributed by atoms with van der Waals surface area (Å²) >= 11 is 0. The van der Waals surface area contributed by atoms with Crippen LogP contribution in [0.1, 0.15) is 18.4 Å². The summed E-state index contributed by atoms with van der Waals surface area (Å²) in [7, 11) is 1.69. The van der Waals surface area contributed by atoms with Crippen molar-refractivity contribution < 1.29 is 4.74 Å². The van der Waals surface area contributed by atoms with Gasteiger partial charge in [-0.05, 0) is 43.0 Å². The van der Waals surface area contributed by atoms with Crippen molar-refractivity contribution in [2.24, 2.45) is 0 Å². The van der Waals surface area contributed by atoms with Crippen molar-refractivity contribution in [3.8, 4) is 5.75 Å². The maximum atomic E-state index is 5.23. The van der Waals surface area contributed by atoms with Crippen LogP contribution in [0, 0.1) is 0 Å². The molecular weight excluding hydrogens is 264 g/mol. The third kappa shape index (κ3) is 4.08. The van der Waals surface area contributed by atoms with Gasteiger partial charge in [0, 0.05) is 18.8 Å². The molecule has 0 atom stereocenters. The predicted octanol–water partition coefficient (Wildman–Crippen LogP) is 2.71. The van der Waals surface area contributed by atoms with Crippen molar-refractivity contribution in [2.45, 2.75) is 25.3 Å². The first-order valence-electron chi connectivity index (χ1n) is 7.30. The van der Waals surface area contributed by atoms with Crippen LogP contribution in [0.4, 0.5) is 11.8 Å². The molecule has 0 saturated heterocycles. The molecule has 21 heavy (non-hydrogen) atoms. The van der Waals surface area contributed by atoms with E-state index >= 15 is 0 Å². The smallest absolute Gasteiger partial charge is 0.224 e. The Morgan fingerprint density at radius 2 is 2.19 bits per heavy atom. The van der Waals surface area contributed by atoms with E-state index in [0.717, 1.165) is 24.5 Å². The van der Waals surface area contributed by atoms with Gasteiger partial charge in [-0.3, -0.25) is 0 Å². The molecule has 110 valence electrons. The third-order valence-electron chi connectivity index (χ3n) is 3.42. The Morgan fingerprint density at radius 1 is 1.29 bits per heavy atom. The van der Waals surface area contributed by atoms with Gasteiger partial charge >= 0.3 is 0 Å². The van der Waals surface area contributed by atoms with E-state index in [-0.39, 0.29) is 0 Å². The van der Waals surface area contributed by atoms with Crippen LogP contribution in [0.2, 0.25) is 0 Å². The van der Waals surface area contributed by atoms with E-state index in [1.54, 1.807) is 13.3 Å². The maximum absolute atomic E-state index is 5.23. The van der Waals surface area contributed by atoms with Gasteiger partial charge in [0.2, 0.25) is 5.95 Å². The molecule has 2 aromatic rings. The summed E-state index contributed by atoms with van der Waals surface area (Å²) in [5.74, 6) is 2.46. The number of benzene rings is 1. The topological polar surface area (TPSA) is 59.1 Å². The van der Waals surface area contributed by atoms with Gasteiger partial charge in [0.05, 0.1) is 7.11 Å². The fourth-order valence-corrected chi connectivity index (χ4v) is 2.10. The van der Waals surface area contributed by atoms with Crippen LogP contribution in [0.3, 0.4) is 0 Å². The van der Waals surface area contributed by atoms with E-state index in [1.165, 1.54) is 18.4 Å². The van der Waals surface area contributed by atoms with Gasteiger partial charge in [-0.1, -0.05) is 12.1 Å². The van der Waals surface area contributed by atoms with E-state index in [2.05, 4.69) is 32.7 Å². The van der Waals surface area contributed by atoms with E-state index in [1.807, 2.05) is 18.2 Å². The summed E-state index contributed by atoms with van der Waals surface area (Å²) in [4.78, 5) is 8.69. The lowest BCUT2D eigenvalue weighted by Crippen LogP contribution is -2.10. The number of hydrogen-bond donors (Lipinski definition) is 2. The average Bonchev–Trinajstić information content (AvgIpc) is 3.32. The number of methoxy groups -OCH3 is 1. The molecule has 0 amide bonds. The van der Waals surface area contributed by atoms with E-state index in [4.69, 9.17) is 4.74 Å².